The SMILES string of the molecule is Cc1cn(C2CCCCC2)c(NC(C)C)n1. The molecule has 1 fully saturated rings. The van der Waals surface area contributed by atoms with Gasteiger partial charge in [-0.1, -0.05) is 19.3 Å². The summed E-state index contributed by atoms with van der Waals surface area (Å²) in [5.41, 5.74) is 1.12. The van der Waals surface area contributed by atoms with E-state index in [1.165, 1.54) is 32.1 Å². The largest absolute Gasteiger partial charge is 0.353 e. The lowest BCUT2D eigenvalue weighted by Gasteiger charge is -2.25. The van der Waals surface area contributed by atoms with E-state index < -0.39 is 0 Å². The highest BCUT2D eigenvalue weighted by Crippen LogP contribution is 2.30. The summed E-state index contributed by atoms with van der Waals surface area (Å²) in [6.45, 7) is 6.40. The number of hydrogen-bond donors (Lipinski definition) is 1. The van der Waals surface area contributed by atoms with Crippen LogP contribution in [0.1, 0.15) is 57.7 Å². The summed E-state index contributed by atoms with van der Waals surface area (Å²) in [6, 6.07) is 1.11. The van der Waals surface area contributed by atoms with Gasteiger partial charge in [-0.3, -0.25) is 0 Å². The minimum absolute atomic E-state index is 0.448. The van der Waals surface area contributed by atoms with Crippen LogP contribution in [0.5, 0.6) is 0 Å². The smallest absolute Gasteiger partial charge is 0.203 e. The molecule has 1 aromatic rings. The molecule has 0 bridgehead atoms. The van der Waals surface area contributed by atoms with E-state index in [1.54, 1.807) is 0 Å². The molecule has 1 N–H and O–H groups in total. The maximum Gasteiger partial charge on any atom is 0.203 e. The molecule has 1 aliphatic carbocycles. The van der Waals surface area contributed by atoms with Gasteiger partial charge in [0.2, 0.25) is 5.95 Å². The number of imidazole rings is 1. The third-order valence-corrected chi connectivity index (χ3v) is 3.24. The molecule has 0 amide bonds. The van der Waals surface area contributed by atoms with Crippen LogP contribution in [0.25, 0.3) is 0 Å². The van der Waals surface area contributed by atoms with Crippen molar-refractivity contribution in [3.8, 4) is 0 Å². The number of rotatable bonds is 3. The molecule has 0 aromatic carbocycles. The molecule has 0 unspecified atom stereocenters. The lowest BCUT2D eigenvalue weighted by molar-refractivity contribution is 0.355. The van der Waals surface area contributed by atoms with Gasteiger partial charge in [0.15, 0.2) is 0 Å². The summed E-state index contributed by atoms with van der Waals surface area (Å²) >= 11 is 0. The molecular formula is C13H23N3. The molecule has 0 saturated heterocycles. The van der Waals surface area contributed by atoms with Gasteiger partial charge < -0.3 is 9.88 Å². The van der Waals surface area contributed by atoms with Gasteiger partial charge >= 0.3 is 0 Å². The van der Waals surface area contributed by atoms with Gasteiger partial charge in [0, 0.05) is 18.3 Å². The molecule has 0 atom stereocenters. The van der Waals surface area contributed by atoms with Crippen molar-refractivity contribution in [2.24, 2.45) is 0 Å². The quantitative estimate of drug-likeness (QED) is 0.846. The first-order valence-electron chi connectivity index (χ1n) is 6.49. The number of nitrogens with one attached hydrogen (secondary N) is 1. The summed E-state index contributed by atoms with van der Waals surface area (Å²) in [6.07, 6.45) is 8.94. The second-order valence-electron chi connectivity index (χ2n) is 5.20. The topological polar surface area (TPSA) is 29.9 Å². The van der Waals surface area contributed by atoms with Crippen LogP contribution in [0, 0.1) is 6.92 Å². The first-order valence-corrected chi connectivity index (χ1v) is 6.49. The van der Waals surface area contributed by atoms with Crippen molar-refractivity contribution in [2.75, 3.05) is 5.32 Å². The summed E-state index contributed by atoms with van der Waals surface area (Å²) < 4.78 is 2.36. The van der Waals surface area contributed by atoms with E-state index in [9.17, 15) is 0 Å². The Morgan fingerprint density at radius 2 is 2.00 bits per heavy atom. The fraction of sp³-hybridized carbons (Fsp3) is 0.769. The van der Waals surface area contributed by atoms with Crippen molar-refractivity contribution in [1.29, 1.82) is 0 Å². The molecule has 3 nitrogen and oxygen atoms in total. The maximum absolute atomic E-state index is 4.58. The first-order chi connectivity index (χ1) is 7.66. The van der Waals surface area contributed by atoms with E-state index in [4.69, 9.17) is 0 Å². The average Bonchev–Trinajstić information content (AvgIpc) is 2.60. The zero-order valence-electron chi connectivity index (χ0n) is 10.7. The summed E-state index contributed by atoms with van der Waals surface area (Å²) in [5.74, 6) is 1.06. The molecule has 1 aromatic heterocycles. The Hall–Kier alpha value is -0.990. The molecule has 2 rings (SSSR count). The minimum atomic E-state index is 0.448. The van der Waals surface area contributed by atoms with Gasteiger partial charge in [-0.2, -0.15) is 0 Å². The van der Waals surface area contributed by atoms with Gasteiger partial charge in [0.25, 0.3) is 0 Å². The Balaban J connectivity index is 2.17. The standard InChI is InChI=1S/C13H23N3/c1-10(2)14-13-15-11(3)9-16(13)12-7-5-4-6-8-12/h9-10,12H,4-8H2,1-3H3,(H,14,15). The molecule has 0 aliphatic heterocycles. The van der Waals surface area contributed by atoms with Crippen LogP contribution in [-0.4, -0.2) is 15.6 Å². The molecule has 1 heterocycles. The minimum Gasteiger partial charge on any atom is -0.353 e. The van der Waals surface area contributed by atoms with Crippen molar-refractivity contribution >= 4 is 5.95 Å². The lowest BCUT2D eigenvalue weighted by atomic mass is 9.95. The van der Waals surface area contributed by atoms with Gasteiger partial charge in [-0.15, -0.1) is 0 Å². The van der Waals surface area contributed by atoms with Crippen LogP contribution in [0.4, 0.5) is 5.95 Å². The lowest BCUT2D eigenvalue weighted by Crippen LogP contribution is -2.19. The monoisotopic (exact) mass is 221 g/mol. The third kappa shape index (κ3) is 2.57. The van der Waals surface area contributed by atoms with Crippen molar-refractivity contribution in [1.82, 2.24) is 9.55 Å². The fourth-order valence-corrected chi connectivity index (χ4v) is 2.52. The van der Waals surface area contributed by atoms with E-state index in [0.717, 1.165) is 11.6 Å². The van der Waals surface area contributed by atoms with Crippen molar-refractivity contribution < 1.29 is 0 Å². The van der Waals surface area contributed by atoms with Crippen LogP contribution < -0.4 is 5.32 Å². The molecular weight excluding hydrogens is 198 g/mol. The van der Waals surface area contributed by atoms with E-state index in [1.807, 2.05) is 0 Å². The Morgan fingerprint density at radius 3 is 2.62 bits per heavy atom. The van der Waals surface area contributed by atoms with Crippen molar-refractivity contribution in [2.45, 2.75) is 65.0 Å². The predicted octanol–water partition coefficient (Wildman–Crippen LogP) is 3.52. The van der Waals surface area contributed by atoms with Gasteiger partial charge in [-0.05, 0) is 33.6 Å². The predicted molar refractivity (Wildman–Crippen MR) is 67.8 cm³/mol. The maximum atomic E-state index is 4.58. The second-order valence-corrected chi connectivity index (χ2v) is 5.20. The number of aryl methyl sites for hydroxylation is 1. The molecule has 16 heavy (non-hydrogen) atoms. The Kier molecular flexibility index (Phi) is 3.52. The highest BCUT2D eigenvalue weighted by atomic mass is 15.2. The Morgan fingerprint density at radius 1 is 1.31 bits per heavy atom. The van der Waals surface area contributed by atoms with Crippen LogP contribution in [-0.2, 0) is 0 Å². The van der Waals surface area contributed by atoms with Crippen LogP contribution in [0.15, 0.2) is 6.20 Å². The van der Waals surface area contributed by atoms with Crippen LogP contribution >= 0.6 is 0 Å². The second kappa shape index (κ2) is 4.89. The fourth-order valence-electron chi connectivity index (χ4n) is 2.52. The molecule has 90 valence electrons. The van der Waals surface area contributed by atoms with Gasteiger partial charge in [0.05, 0.1) is 5.69 Å². The zero-order valence-corrected chi connectivity index (χ0v) is 10.7. The van der Waals surface area contributed by atoms with E-state index in [0.29, 0.717) is 12.1 Å². The molecule has 3 heteroatoms. The van der Waals surface area contributed by atoms with Crippen LogP contribution in [0.3, 0.4) is 0 Å². The van der Waals surface area contributed by atoms with Crippen molar-refractivity contribution in [3.63, 3.8) is 0 Å². The number of aromatic nitrogens is 2. The number of anilines is 1. The Labute approximate surface area is 98.3 Å². The molecule has 0 radical (unpaired) electrons. The van der Waals surface area contributed by atoms with E-state index in [-0.39, 0.29) is 0 Å². The number of hydrogen-bond acceptors (Lipinski definition) is 2. The van der Waals surface area contributed by atoms with E-state index >= 15 is 0 Å². The van der Waals surface area contributed by atoms with E-state index in [2.05, 4.69) is 41.8 Å². The van der Waals surface area contributed by atoms with Crippen molar-refractivity contribution in [3.05, 3.63) is 11.9 Å². The summed E-state index contributed by atoms with van der Waals surface area (Å²) in [4.78, 5) is 4.58. The highest BCUT2D eigenvalue weighted by Gasteiger charge is 2.18. The normalized spacial score (nSPS) is 18.0. The number of nitrogens with zero attached hydrogens (tertiary/aromatic N) is 2. The van der Waals surface area contributed by atoms with Gasteiger partial charge in [0.1, 0.15) is 0 Å². The molecule has 1 saturated carbocycles. The van der Waals surface area contributed by atoms with Crippen LogP contribution in [0.2, 0.25) is 0 Å². The molecule has 1 aliphatic rings. The highest BCUT2D eigenvalue weighted by molar-refractivity contribution is 5.30. The Bertz CT molecular complexity index is 335. The third-order valence-electron chi connectivity index (χ3n) is 3.24. The first kappa shape index (κ1) is 11.5. The average molecular weight is 221 g/mol. The molecule has 0 spiro atoms. The zero-order chi connectivity index (χ0) is 11.5. The summed E-state index contributed by atoms with van der Waals surface area (Å²) in [5, 5.41) is 3.44. The van der Waals surface area contributed by atoms with Gasteiger partial charge in [-0.25, -0.2) is 4.98 Å². The summed E-state index contributed by atoms with van der Waals surface area (Å²) in [7, 11) is 0.